The fourth-order valence-electron chi connectivity index (χ4n) is 4.65. The molecule has 35 heavy (non-hydrogen) atoms. The minimum Gasteiger partial charge on any atom is -0.549 e. The summed E-state index contributed by atoms with van der Waals surface area (Å²) in [4.78, 5) is 24.0. The number of ether oxygens (including phenoxy) is 2. The van der Waals surface area contributed by atoms with E-state index in [0.717, 1.165) is 12.8 Å². The van der Waals surface area contributed by atoms with E-state index in [-0.39, 0.29) is 47.1 Å². The van der Waals surface area contributed by atoms with Gasteiger partial charge in [-0.2, -0.15) is 0 Å². The maximum atomic E-state index is 12.6. The molecule has 1 aliphatic carbocycles. The number of carboxylic acids is 1. The molecule has 5 rings (SSSR count). The number of halogens is 1. The van der Waals surface area contributed by atoms with Gasteiger partial charge in [0.05, 0.1) is 11.6 Å². The first-order chi connectivity index (χ1) is 16.5. The van der Waals surface area contributed by atoms with Crippen LogP contribution < -0.4 is 49.5 Å². The van der Waals surface area contributed by atoms with Crippen LogP contribution in [-0.2, 0) is 17.6 Å². The summed E-state index contributed by atoms with van der Waals surface area (Å²) in [5.74, 6) is -0.365. The van der Waals surface area contributed by atoms with Crippen LogP contribution in [0.15, 0.2) is 60.7 Å². The first-order valence-electron chi connectivity index (χ1n) is 11.3. The molecule has 1 N–H and O–H groups in total. The maximum absolute atomic E-state index is 12.6. The van der Waals surface area contributed by atoms with Gasteiger partial charge in [-0.25, -0.2) is 0 Å². The maximum Gasteiger partial charge on any atom is 1.00 e. The third-order valence-corrected chi connectivity index (χ3v) is 6.71. The number of nitrogens with one attached hydrogen (secondary N) is 1. The van der Waals surface area contributed by atoms with Gasteiger partial charge < -0.3 is 24.7 Å². The zero-order valence-electron chi connectivity index (χ0n) is 19.4. The van der Waals surface area contributed by atoms with Gasteiger partial charge in [0.1, 0.15) is 17.2 Å². The predicted molar refractivity (Wildman–Crippen MR) is 126 cm³/mol. The molecular weight excluding hydrogens is 477 g/mol. The Bertz CT molecular complexity index is 1220. The van der Waals surface area contributed by atoms with E-state index < -0.39 is 11.9 Å². The van der Waals surface area contributed by atoms with E-state index in [4.69, 9.17) is 21.1 Å². The van der Waals surface area contributed by atoms with Crippen LogP contribution in [0.3, 0.4) is 0 Å². The Hall–Kier alpha value is -2.51. The van der Waals surface area contributed by atoms with Crippen molar-refractivity contribution in [3.8, 4) is 17.2 Å². The van der Waals surface area contributed by atoms with Gasteiger partial charge in [-0.3, -0.25) is 4.79 Å². The summed E-state index contributed by atoms with van der Waals surface area (Å²) in [6.45, 7) is 0.910. The van der Waals surface area contributed by atoms with E-state index >= 15 is 0 Å². The summed E-state index contributed by atoms with van der Waals surface area (Å²) in [5.41, 5.74) is 3.76. The van der Waals surface area contributed by atoms with Crippen molar-refractivity contribution in [2.45, 2.75) is 25.2 Å². The second-order valence-electron chi connectivity index (χ2n) is 8.71. The van der Waals surface area contributed by atoms with E-state index in [1.54, 1.807) is 36.4 Å². The van der Waals surface area contributed by atoms with Crippen molar-refractivity contribution in [2.24, 2.45) is 5.92 Å². The second kappa shape index (κ2) is 11.0. The van der Waals surface area contributed by atoms with Gasteiger partial charge in [0.25, 0.3) is 5.91 Å². The molecule has 0 spiro atoms. The zero-order valence-corrected chi connectivity index (χ0v) is 22.1. The Balaban J connectivity index is 0.00000289. The molecule has 0 bridgehead atoms. The third kappa shape index (κ3) is 5.67. The molecule has 0 fully saturated rings. The fraction of sp³-hybridized carbons (Fsp3) is 0.259. The standard InChI is InChI=1S/C27H24ClNO5.Na/c28-23-13-22-21(27(31)32)9-10-33-24(22)14-25(23)34-20-7-5-17(6-8-20)26(30)29-15-16-11-18-3-1-2-4-19(18)12-16;/h1-8,13-14,16,21H,9-12,15H2,(H,29,30)(H,31,32);/q;+1/p-1. The Morgan fingerprint density at radius 1 is 1.06 bits per heavy atom. The fourth-order valence-corrected chi connectivity index (χ4v) is 4.86. The average Bonchev–Trinajstić information content (AvgIpc) is 3.26. The quantitative estimate of drug-likeness (QED) is 0.509. The topological polar surface area (TPSA) is 87.7 Å². The van der Waals surface area contributed by atoms with E-state index in [1.807, 2.05) is 0 Å². The molecule has 0 saturated carbocycles. The number of fused-ring (bicyclic) bond motifs is 2. The molecule has 2 aliphatic rings. The van der Waals surface area contributed by atoms with E-state index in [9.17, 15) is 14.7 Å². The van der Waals surface area contributed by atoms with Gasteiger partial charge in [-0.15, -0.1) is 0 Å². The van der Waals surface area contributed by atoms with E-state index in [0.29, 0.717) is 47.3 Å². The molecule has 8 heteroatoms. The monoisotopic (exact) mass is 499 g/mol. The van der Waals surface area contributed by atoms with Crippen molar-refractivity contribution in [3.63, 3.8) is 0 Å². The molecule has 6 nitrogen and oxygen atoms in total. The summed E-state index contributed by atoms with van der Waals surface area (Å²) in [6, 6.07) is 18.3. The molecule has 1 aliphatic heterocycles. The number of carbonyl (C=O) groups is 2. The number of rotatable bonds is 6. The molecule has 0 saturated heterocycles. The molecule has 3 aromatic carbocycles. The van der Waals surface area contributed by atoms with Crippen LogP contribution in [0.25, 0.3) is 0 Å². The van der Waals surface area contributed by atoms with Crippen LogP contribution in [0.4, 0.5) is 0 Å². The van der Waals surface area contributed by atoms with Crippen LogP contribution in [0, 0.1) is 5.92 Å². The average molecular weight is 500 g/mol. The number of aliphatic carboxylic acids is 1. The molecular formula is C27H23ClNNaO5. The Morgan fingerprint density at radius 2 is 1.74 bits per heavy atom. The van der Waals surface area contributed by atoms with E-state index in [2.05, 4.69) is 29.6 Å². The number of amides is 1. The zero-order chi connectivity index (χ0) is 23.7. The molecule has 174 valence electrons. The van der Waals surface area contributed by atoms with Crippen molar-refractivity contribution in [2.75, 3.05) is 13.2 Å². The van der Waals surface area contributed by atoms with Gasteiger partial charge in [-0.1, -0.05) is 35.9 Å². The van der Waals surface area contributed by atoms with Crippen LogP contribution >= 0.6 is 11.6 Å². The Kier molecular flexibility index (Phi) is 8.07. The number of carboxylic acid groups (broad SMARTS) is 1. The van der Waals surface area contributed by atoms with Gasteiger partial charge in [0, 0.05) is 35.6 Å². The van der Waals surface area contributed by atoms with Crippen LogP contribution in [0.2, 0.25) is 5.02 Å². The van der Waals surface area contributed by atoms with Crippen molar-refractivity contribution < 1.29 is 53.7 Å². The molecule has 0 radical (unpaired) electrons. The van der Waals surface area contributed by atoms with Gasteiger partial charge in [-0.05, 0) is 66.6 Å². The largest absolute Gasteiger partial charge is 1.00 e. The predicted octanol–water partition coefficient (Wildman–Crippen LogP) is 0.897. The first-order valence-corrected chi connectivity index (χ1v) is 11.7. The first kappa shape index (κ1) is 25.6. The van der Waals surface area contributed by atoms with Gasteiger partial charge >= 0.3 is 29.6 Å². The molecule has 3 aromatic rings. The minimum absolute atomic E-state index is 0. The van der Waals surface area contributed by atoms with Crippen molar-refractivity contribution in [1.29, 1.82) is 0 Å². The van der Waals surface area contributed by atoms with Crippen LogP contribution in [0.5, 0.6) is 17.2 Å². The number of hydrogen-bond donors (Lipinski definition) is 1. The summed E-state index contributed by atoms with van der Waals surface area (Å²) in [7, 11) is 0. The summed E-state index contributed by atoms with van der Waals surface area (Å²) < 4.78 is 11.5. The molecule has 0 aromatic heterocycles. The summed E-state index contributed by atoms with van der Waals surface area (Å²) in [6.07, 6.45) is 2.31. The van der Waals surface area contributed by atoms with E-state index in [1.165, 1.54) is 11.1 Å². The minimum atomic E-state index is -1.15. The normalized spacial score (nSPS) is 16.3. The van der Waals surface area contributed by atoms with Gasteiger partial charge in [0.15, 0.2) is 0 Å². The molecule has 1 unspecified atom stereocenters. The summed E-state index contributed by atoms with van der Waals surface area (Å²) in [5, 5.41) is 14.7. The molecule has 1 atom stereocenters. The number of carbonyl (C=O) groups excluding carboxylic acids is 2. The number of hydrogen-bond acceptors (Lipinski definition) is 5. The SMILES string of the molecule is O=C(NCC1Cc2ccccc2C1)c1ccc(Oc2cc3c(cc2Cl)C(C(=O)[O-])CCO3)cc1.[Na+]. The molecule has 1 amide bonds. The smallest absolute Gasteiger partial charge is 0.549 e. The summed E-state index contributed by atoms with van der Waals surface area (Å²) >= 11 is 6.34. The molecule has 1 heterocycles. The third-order valence-electron chi connectivity index (χ3n) is 6.42. The second-order valence-corrected chi connectivity index (χ2v) is 9.12. The Labute approximate surface area is 230 Å². The van der Waals surface area contributed by atoms with Crippen molar-refractivity contribution in [3.05, 3.63) is 87.9 Å². The number of benzene rings is 3. The van der Waals surface area contributed by atoms with Crippen molar-refractivity contribution in [1.82, 2.24) is 5.32 Å². The van der Waals surface area contributed by atoms with Crippen molar-refractivity contribution >= 4 is 23.5 Å². The van der Waals surface area contributed by atoms with Gasteiger partial charge in [0.2, 0.25) is 0 Å². The Morgan fingerprint density at radius 3 is 2.40 bits per heavy atom. The van der Waals surface area contributed by atoms with Crippen LogP contribution in [-0.4, -0.2) is 25.0 Å². The van der Waals surface area contributed by atoms with Crippen LogP contribution in [0.1, 0.15) is 39.4 Å².